The van der Waals surface area contributed by atoms with Gasteiger partial charge in [0.2, 0.25) is 0 Å². The summed E-state index contributed by atoms with van der Waals surface area (Å²) in [6, 6.07) is 1.13. The lowest BCUT2D eigenvalue weighted by molar-refractivity contribution is 0.276. The molecule has 0 bridgehead atoms. The van der Waals surface area contributed by atoms with Crippen LogP contribution in [-0.4, -0.2) is 23.5 Å². The van der Waals surface area contributed by atoms with Crippen molar-refractivity contribution in [2.75, 3.05) is 14.2 Å². The van der Waals surface area contributed by atoms with Gasteiger partial charge in [0.25, 0.3) is 0 Å². The Balaban J connectivity index is 3.04. The summed E-state index contributed by atoms with van der Waals surface area (Å²) in [4.78, 5) is 0. The third-order valence-corrected chi connectivity index (χ3v) is 6.67. The zero-order valence-corrected chi connectivity index (χ0v) is 18.3. The summed E-state index contributed by atoms with van der Waals surface area (Å²) in [5.41, 5.74) is 0. The third kappa shape index (κ3) is 20.0. The molecule has 0 aromatic rings. The quantitative estimate of drug-likeness (QED) is 0.118. The molecule has 0 saturated carbocycles. The lowest BCUT2D eigenvalue weighted by Gasteiger charge is -2.08. The maximum atomic E-state index is 5.31. The van der Waals surface area contributed by atoms with E-state index in [4.69, 9.17) is 8.85 Å². The predicted octanol–water partition coefficient (Wildman–Crippen LogP) is 7.59. The highest BCUT2D eigenvalue weighted by Gasteiger charge is 2.10. The van der Waals surface area contributed by atoms with Crippen LogP contribution in [0.1, 0.15) is 109 Å². The van der Waals surface area contributed by atoms with Gasteiger partial charge in [0.15, 0.2) is 0 Å². The topological polar surface area (TPSA) is 18.5 Å². The van der Waals surface area contributed by atoms with Crippen molar-refractivity contribution in [2.45, 2.75) is 115 Å². The van der Waals surface area contributed by atoms with Gasteiger partial charge in [-0.2, -0.15) is 0 Å². The molecule has 149 valence electrons. The molecular weight excluding hydrogens is 324 g/mol. The summed E-state index contributed by atoms with van der Waals surface area (Å²) in [6.07, 6.45) is 25.8. The molecule has 0 aromatic heterocycles. The first-order valence-corrected chi connectivity index (χ1v) is 12.4. The van der Waals surface area contributed by atoms with E-state index in [1.807, 2.05) is 6.08 Å². The Bertz CT molecular complexity index is 254. The predicted molar refractivity (Wildman–Crippen MR) is 113 cm³/mol. The van der Waals surface area contributed by atoms with Crippen molar-refractivity contribution >= 4 is 9.28 Å². The largest absolute Gasteiger partial charge is 0.397 e. The number of hydrogen-bond acceptors (Lipinski definition) is 2. The minimum atomic E-state index is -0.948. The van der Waals surface area contributed by atoms with Gasteiger partial charge in [-0.05, 0) is 18.9 Å². The van der Waals surface area contributed by atoms with Crippen LogP contribution in [0, 0.1) is 0 Å². The van der Waals surface area contributed by atoms with E-state index in [0.29, 0.717) is 0 Å². The van der Waals surface area contributed by atoms with E-state index >= 15 is 0 Å². The molecule has 0 aliphatic carbocycles. The molecule has 0 N–H and O–H groups in total. The molecule has 0 aliphatic rings. The van der Waals surface area contributed by atoms with Crippen molar-refractivity contribution in [2.24, 2.45) is 0 Å². The van der Waals surface area contributed by atoms with Crippen LogP contribution in [0.2, 0.25) is 6.04 Å². The standard InChI is InChI=1S/C22H45O2Si/c1-4-5-6-7-8-9-10-11-12-13-14-15-16-17-18-19-20-21-22-25(23-2)24-3/h4H,1,5-22H2,2-3H3. The summed E-state index contributed by atoms with van der Waals surface area (Å²) >= 11 is 0. The van der Waals surface area contributed by atoms with Gasteiger partial charge in [-0.3, -0.25) is 0 Å². The van der Waals surface area contributed by atoms with E-state index in [1.54, 1.807) is 14.2 Å². The lowest BCUT2D eigenvalue weighted by atomic mass is 10.0. The van der Waals surface area contributed by atoms with Crippen LogP contribution in [0.25, 0.3) is 0 Å². The Morgan fingerprint density at radius 1 is 0.560 bits per heavy atom. The van der Waals surface area contributed by atoms with Crippen LogP contribution in [0.4, 0.5) is 0 Å². The highest BCUT2D eigenvalue weighted by Crippen LogP contribution is 2.14. The van der Waals surface area contributed by atoms with Crippen molar-refractivity contribution in [1.29, 1.82) is 0 Å². The van der Waals surface area contributed by atoms with Crippen LogP contribution in [0.3, 0.4) is 0 Å². The van der Waals surface area contributed by atoms with Crippen molar-refractivity contribution in [1.82, 2.24) is 0 Å². The highest BCUT2D eigenvalue weighted by molar-refractivity contribution is 6.44. The van der Waals surface area contributed by atoms with E-state index in [2.05, 4.69) is 6.58 Å². The number of hydrogen-bond donors (Lipinski definition) is 0. The molecule has 0 fully saturated rings. The molecule has 0 spiro atoms. The van der Waals surface area contributed by atoms with Gasteiger partial charge >= 0.3 is 9.28 Å². The van der Waals surface area contributed by atoms with E-state index in [9.17, 15) is 0 Å². The van der Waals surface area contributed by atoms with Crippen LogP contribution >= 0.6 is 0 Å². The van der Waals surface area contributed by atoms with Gasteiger partial charge < -0.3 is 8.85 Å². The molecule has 25 heavy (non-hydrogen) atoms. The minimum Gasteiger partial charge on any atom is -0.397 e. The number of rotatable bonds is 21. The maximum absolute atomic E-state index is 5.31. The Morgan fingerprint density at radius 3 is 1.20 bits per heavy atom. The van der Waals surface area contributed by atoms with Crippen molar-refractivity contribution < 1.29 is 8.85 Å². The molecule has 0 atom stereocenters. The number of allylic oxidation sites excluding steroid dienone is 1. The van der Waals surface area contributed by atoms with Crippen LogP contribution < -0.4 is 0 Å². The Morgan fingerprint density at radius 2 is 0.880 bits per heavy atom. The van der Waals surface area contributed by atoms with Gasteiger partial charge in [-0.15, -0.1) is 6.58 Å². The SMILES string of the molecule is C=CCCCCCCCCCCCCCCCCCC[Si](OC)OC. The van der Waals surface area contributed by atoms with E-state index < -0.39 is 9.28 Å². The fourth-order valence-electron chi connectivity index (χ4n) is 3.32. The lowest BCUT2D eigenvalue weighted by Crippen LogP contribution is -2.18. The molecular formula is C22H45O2Si. The second-order valence-corrected chi connectivity index (χ2v) is 9.32. The van der Waals surface area contributed by atoms with Gasteiger partial charge in [0, 0.05) is 14.2 Å². The molecule has 0 rings (SSSR count). The first-order chi connectivity index (χ1) is 12.3. The van der Waals surface area contributed by atoms with Crippen LogP contribution in [0.5, 0.6) is 0 Å². The second-order valence-electron chi connectivity index (χ2n) is 7.26. The van der Waals surface area contributed by atoms with Crippen molar-refractivity contribution in [3.05, 3.63) is 12.7 Å². The normalized spacial score (nSPS) is 11.3. The van der Waals surface area contributed by atoms with Gasteiger partial charge in [-0.25, -0.2) is 0 Å². The molecule has 3 heteroatoms. The molecule has 1 radical (unpaired) electrons. The van der Waals surface area contributed by atoms with Crippen molar-refractivity contribution in [3.63, 3.8) is 0 Å². The summed E-state index contributed by atoms with van der Waals surface area (Å²) < 4.78 is 10.6. The minimum absolute atomic E-state index is 0.948. The zero-order valence-electron chi connectivity index (χ0n) is 17.3. The first-order valence-electron chi connectivity index (χ1n) is 10.9. The molecule has 0 saturated heterocycles. The Kier molecular flexibility index (Phi) is 21.8. The van der Waals surface area contributed by atoms with Crippen LogP contribution in [-0.2, 0) is 8.85 Å². The maximum Gasteiger partial charge on any atom is 0.384 e. The van der Waals surface area contributed by atoms with E-state index in [1.165, 1.54) is 109 Å². The highest BCUT2D eigenvalue weighted by atomic mass is 28.3. The smallest absolute Gasteiger partial charge is 0.384 e. The van der Waals surface area contributed by atoms with Crippen LogP contribution in [0.15, 0.2) is 12.7 Å². The molecule has 0 aliphatic heterocycles. The van der Waals surface area contributed by atoms with E-state index in [0.717, 1.165) is 6.04 Å². The van der Waals surface area contributed by atoms with Gasteiger partial charge in [0.05, 0.1) is 0 Å². The fraction of sp³-hybridized carbons (Fsp3) is 0.909. The molecule has 0 aromatic carbocycles. The summed E-state index contributed by atoms with van der Waals surface area (Å²) in [5.74, 6) is 0. The summed E-state index contributed by atoms with van der Waals surface area (Å²) in [5, 5.41) is 0. The van der Waals surface area contributed by atoms with Crippen molar-refractivity contribution in [3.8, 4) is 0 Å². The Labute approximate surface area is 160 Å². The average Bonchev–Trinajstić information content (AvgIpc) is 2.64. The molecule has 2 nitrogen and oxygen atoms in total. The zero-order chi connectivity index (χ0) is 18.4. The Hall–Kier alpha value is -0.123. The molecule has 0 heterocycles. The molecule has 0 unspecified atom stereocenters. The third-order valence-electron chi connectivity index (χ3n) is 4.99. The monoisotopic (exact) mass is 369 g/mol. The van der Waals surface area contributed by atoms with Gasteiger partial charge in [-0.1, -0.05) is 102 Å². The molecule has 0 amide bonds. The first kappa shape index (κ1) is 24.9. The summed E-state index contributed by atoms with van der Waals surface area (Å²) in [7, 11) is 2.59. The number of unbranched alkanes of at least 4 members (excludes halogenated alkanes) is 16. The summed E-state index contributed by atoms with van der Waals surface area (Å²) in [6.45, 7) is 3.78. The van der Waals surface area contributed by atoms with E-state index in [-0.39, 0.29) is 0 Å². The average molecular weight is 370 g/mol. The fourth-order valence-corrected chi connectivity index (χ4v) is 4.43. The van der Waals surface area contributed by atoms with Gasteiger partial charge in [0.1, 0.15) is 0 Å². The second kappa shape index (κ2) is 21.9.